The van der Waals surface area contributed by atoms with Gasteiger partial charge in [-0.25, -0.2) is 4.98 Å². The molecule has 2 heteroatoms. The van der Waals surface area contributed by atoms with Crippen LogP contribution in [0.3, 0.4) is 0 Å². The fourth-order valence-corrected chi connectivity index (χ4v) is 2.50. The van der Waals surface area contributed by atoms with Gasteiger partial charge >= 0.3 is 0 Å². The number of hydrogen-bond donors (Lipinski definition) is 0. The number of benzene rings is 1. The zero-order valence-corrected chi connectivity index (χ0v) is 12.4. The van der Waals surface area contributed by atoms with Crippen molar-refractivity contribution in [2.24, 2.45) is 0 Å². The summed E-state index contributed by atoms with van der Waals surface area (Å²) in [6.45, 7) is 13.3. The van der Waals surface area contributed by atoms with E-state index in [-0.39, 0.29) is 5.41 Å². The van der Waals surface area contributed by atoms with Gasteiger partial charge < -0.3 is 4.57 Å². The molecule has 0 bridgehead atoms. The molecule has 0 amide bonds. The average Bonchev–Trinajstić information content (AvgIpc) is 2.63. The Kier molecular flexibility index (Phi) is 3.22. The van der Waals surface area contributed by atoms with Crippen molar-refractivity contribution in [1.29, 1.82) is 0 Å². The van der Waals surface area contributed by atoms with Gasteiger partial charge in [0.2, 0.25) is 0 Å². The standard InChI is InChI=1S/C16H24N2/c1-7-16(5,6)13-8-9-15-14(10-13)17-12(4)18(15)11(2)3/h8-11H,7H2,1-6H3. The molecular weight excluding hydrogens is 220 g/mol. The summed E-state index contributed by atoms with van der Waals surface area (Å²) in [6, 6.07) is 7.19. The molecule has 1 aromatic carbocycles. The third kappa shape index (κ3) is 2.05. The van der Waals surface area contributed by atoms with Gasteiger partial charge in [0.25, 0.3) is 0 Å². The van der Waals surface area contributed by atoms with E-state index in [1.54, 1.807) is 0 Å². The van der Waals surface area contributed by atoms with Crippen LogP contribution in [0, 0.1) is 6.92 Å². The maximum absolute atomic E-state index is 4.71. The first-order valence-electron chi connectivity index (χ1n) is 6.86. The molecule has 0 aliphatic carbocycles. The van der Waals surface area contributed by atoms with Gasteiger partial charge in [-0.1, -0.05) is 26.8 Å². The molecule has 0 fully saturated rings. The van der Waals surface area contributed by atoms with E-state index in [0.717, 1.165) is 17.8 Å². The zero-order valence-electron chi connectivity index (χ0n) is 12.4. The van der Waals surface area contributed by atoms with Crippen molar-refractivity contribution in [3.8, 4) is 0 Å². The van der Waals surface area contributed by atoms with Crippen molar-refractivity contribution >= 4 is 11.0 Å². The molecule has 2 aromatic rings. The number of imidazole rings is 1. The number of nitrogens with zero attached hydrogens (tertiary/aromatic N) is 2. The number of fused-ring (bicyclic) bond motifs is 1. The lowest BCUT2D eigenvalue weighted by molar-refractivity contribution is 0.507. The lowest BCUT2D eigenvalue weighted by Gasteiger charge is -2.23. The van der Waals surface area contributed by atoms with Crippen molar-refractivity contribution in [1.82, 2.24) is 9.55 Å². The van der Waals surface area contributed by atoms with Gasteiger partial charge in [-0.15, -0.1) is 0 Å². The highest BCUT2D eigenvalue weighted by molar-refractivity contribution is 5.77. The maximum atomic E-state index is 4.71. The summed E-state index contributed by atoms with van der Waals surface area (Å²) in [7, 11) is 0. The molecule has 2 nitrogen and oxygen atoms in total. The smallest absolute Gasteiger partial charge is 0.106 e. The molecule has 0 aliphatic rings. The Hall–Kier alpha value is -1.31. The van der Waals surface area contributed by atoms with E-state index in [1.165, 1.54) is 11.1 Å². The Morgan fingerprint density at radius 3 is 2.50 bits per heavy atom. The molecule has 0 atom stereocenters. The first-order valence-corrected chi connectivity index (χ1v) is 6.86. The van der Waals surface area contributed by atoms with E-state index in [9.17, 15) is 0 Å². The van der Waals surface area contributed by atoms with Gasteiger partial charge in [-0.3, -0.25) is 0 Å². The zero-order chi connectivity index (χ0) is 13.5. The van der Waals surface area contributed by atoms with Crippen LogP contribution in [0.1, 0.15) is 58.5 Å². The molecule has 2 rings (SSSR count). The molecule has 0 saturated carbocycles. The summed E-state index contributed by atoms with van der Waals surface area (Å²) in [5.74, 6) is 1.10. The topological polar surface area (TPSA) is 17.8 Å². The predicted molar refractivity (Wildman–Crippen MR) is 78.2 cm³/mol. The van der Waals surface area contributed by atoms with Gasteiger partial charge in [-0.2, -0.15) is 0 Å². The van der Waals surface area contributed by atoms with Gasteiger partial charge in [0.05, 0.1) is 11.0 Å². The quantitative estimate of drug-likeness (QED) is 0.770. The highest BCUT2D eigenvalue weighted by Gasteiger charge is 2.19. The van der Waals surface area contributed by atoms with Crippen LogP contribution in [0.25, 0.3) is 11.0 Å². The molecule has 1 heterocycles. The summed E-state index contributed by atoms with van der Waals surface area (Å²) >= 11 is 0. The Morgan fingerprint density at radius 1 is 1.28 bits per heavy atom. The van der Waals surface area contributed by atoms with Crippen LogP contribution in [0.15, 0.2) is 18.2 Å². The fourth-order valence-electron chi connectivity index (χ4n) is 2.50. The molecule has 0 spiro atoms. The second-order valence-electron chi connectivity index (χ2n) is 6.06. The van der Waals surface area contributed by atoms with Gasteiger partial charge in [0.1, 0.15) is 5.82 Å². The van der Waals surface area contributed by atoms with E-state index in [4.69, 9.17) is 4.98 Å². The van der Waals surface area contributed by atoms with Gasteiger partial charge in [-0.05, 0) is 50.3 Å². The summed E-state index contributed by atoms with van der Waals surface area (Å²) < 4.78 is 2.30. The van der Waals surface area contributed by atoms with Crippen molar-refractivity contribution in [3.05, 3.63) is 29.6 Å². The van der Waals surface area contributed by atoms with Gasteiger partial charge in [0, 0.05) is 6.04 Å². The number of rotatable bonds is 3. The summed E-state index contributed by atoms with van der Waals surface area (Å²) in [4.78, 5) is 4.71. The van der Waals surface area contributed by atoms with Gasteiger partial charge in [0.15, 0.2) is 0 Å². The summed E-state index contributed by atoms with van der Waals surface area (Å²) in [5.41, 5.74) is 3.98. The van der Waals surface area contributed by atoms with Crippen LogP contribution in [-0.4, -0.2) is 9.55 Å². The molecule has 0 aliphatic heterocycles. The highest BCUT2D eigenvalue weighted by Crippen LogP contribution is 2.30. The van der Waals surface area contributed by atoms with Crippen LogP contribution >= 0.6 is 0 Å². The Morgan fingerprint density at radius 2 is 1.94 bits per heavy atom. The Bertz CT molecular complexity index is 562. The Balaban J connectivity index is 2.62. The van der Waals surface area contributed by atoms with Crippen LogP contribution < -0.4 is 0 Å². The van der Waals surface area contributed by atoms with E-state index in [2.05, 4.69) is 64.3 Å². The van der Waals surface area contributed by atoms with Crippen molar-refractivity contribution in [2.45, 2.75) is 59.4 Å². The molecule has 18 heavy (non-hydrogen) atoms. The van der Waals surface area contributed by atoms with E-state index >= 15 is 0 Å². The average molecular weight is 244 g/mol. The van der Waals surface area contributed by atoms with Crippen molar-refractivity contribution < 1.29 is 0 Å². The fraction of sp³-hybridized carbons (Fsp3) is 0.562. The molecule has 1 aromatic heterocycles. The Labute approximate surface area is 110 Å². The molecule has 0 radical (unpaired) electrons. The summed E-state index contributed by atoms with van der Waals surface area (Å²) in [5, 5.41) is 0. The van der Waals surface area contributed by atoms with Crippen LogP contribution in [0.5, 0.6) is 0 Å². The minimum Gasteiger partial charge on any atom is -0.326 e. The van der Waals surface area contributed by atoms with Crippen LogP contribution in [-0.2, 0) is 5.41 Å². The minimum absolute atomic E-state index is 0.226. The second kappa shape index (κ2) is 4.42. The van der Waals surface area contributed by atoms with E-state index in [0.29, 0.717) is 6.04 Å². The maximum Gasteiger partial charge on any atom is 0.106 e. The molecule has 0 unspecified atom stereocenters. The van der Waals surface area contributed by atoms with Crippen LogP contribution in [0.2, 0.25) is 0 Å². The van der Waals surface area contributed by atoms with Crippen molar-refractivity contribution in [3.63, 3.8) is 0 Å². The number of aromatic nitrogens is 2. The lowest BCUT2D eigenvalue weighted by atomic mass is 9.82. The third-order valence-electron chi connectivity index (χ3n) is 4.05. The minimum atomic E-state index is 0.226. The second-order valence-corrected chi connectivity index (χ2v) is 6.06. The third-order valence-corrected chi connectivity index (χ3v) is 4.05. The lowest BCUT2D eigenvalue weighted by Crippen LogP contribution is -2.15. The molecule has 0 N–H and O–H groups in total. The first kappa shape index (κ1) is 13.1. The SMILES string of the molecule is CCC(C)(C)c1ccc2c(c1)nc(C)n2C(C)C. The molecule has 98 valence electrons. The van der Waals surface area contributed by atoms with Crippen molar-refractivity contribution in [2.75, 3.05) is 0 Å². The van der Waals surface area contributed by atoms with E-state index < -0.39 is 0 Å². The normalized spacial score (nSPS) is 12.6. The van der Waals surface area contributed by atoms with E-state index in [1.807, 2.05) is 0 Å². The monoisotopic (exact) mass is 244 g/mol. The van der Waals surface area contributed by atoms with Crippen LogP contribution in [0.4, 0.5) is 0 Å². The first-order chi connectivity index (χ1) is 8.36. The molecule has 0 saturated heterocycles. The number of hydrogen-bond acceptors (Lipinski definition) is 1. The largest absolute Gasteiger partial charge is 0.326 e. The predicted octanol–water partition coefficient (Wildman–Crippen LogP) is 4.61. The number of aryl methyl sites for hydroxylation is 1. The highest BCUT2D eigenvalue weighted by atomic mass is 15.1. The summed E-state index contributed by atoms with van der Waals surface area (Å²) in [6.07, 6.45) is 1.14. The molecular formula is C16H24N2.